The lowest BCUT2D eigenvalue weighted by Crippen LogP contribution is -2.25. The predicted molar refractivity (Wildman–Crippen MR) is 116 cm³/mol. The third-order valence-corrected chi connectivity index (χ3v) is 9.88. The van der Waals surface area contributed by atoms with Crippen molar-refractivity contribution in [2.24, 2.45) is 0 Å². The number of benzene rings is 2. The Hall–Kier alpha value is -2.26. The summed E-state index contributed by atoms with van der Waals surface area (Å²) in [5.41, 5.74) is 3.04. The van der Waals surface area contributed by atoms with Crippen LogP contribution in [0.1, 0.15) is 29.5 Å². The minimum atomic E-state index is -1.72. The van der Waals surface area contributed by atoms with E-state index in [-0.39, 0.29) is 24.3 Å². The van der Waals surface area contributed by atoms with Gasteiger partial charge in [-0.3, -0.25) is 4.79 Å². The molecule has 4 nitrogen and oxygen atoms in total. The number of carbonyl (C=O) groups excluding carboxylic acids is 2. The van der Waals surface area contributed by atoms with E-state index in [1.165, 1.54) is 12.1 Å². The Kier molecular flexibility index (Phi) is 7.02. The van der Waals surface area contributed by atoms with E-state index in [4.69, 9.17) is 4.74 Å². The average molecular weight is 416 g/mol. The van der Waals surface area contributed by atoms with Crippen molar-refractivity contribution in [3.05, 3.63) is 65.0 Å². The highest BCUT2D eigenvalue weighted by molar-refractivity contribution is 7.77. The van der Waals surface area contributed by atoms with Gasteiger partial charge in [0.2, 0.25) is 0 Å². The number of nitrogens with one attached hydrogen (secondary N) is 1. The minimum absolute atomic E-state index is 0.0890. The summed E-state index contributed by atoms with van der Waals surface area (Å²) in [7, 11) is -1.72. The number of rotatable bonds is 7. The molecule has 1 N–H and O–H groups in total. The summed E-state index contributed by atoms with van der Waals surface area (Å²) in [5, 5.41) is 2.96. The third kappa shape index (κ3) is 5.86. The van der Waals surface area contributed by atoms with E-state index in [0.29, 0.717) is 29.1 Å². The number of anilines is 1. The maximum atomic E-state index is 13.5. The van der Waals surface area contributed by atoms with Gasteiger partial charge in [-0.25, -0.2) is 9.18 Å². The fraction of sp³-hybridized carbons (Fsp3) is 0.391. The van der Waals surface area contributed by atoms with Gasteiger partial charge in [0.1, 0.15) is 18.6 Å². The molecule has 6 heteroatoms. The summed E-state index contributed by atoms with van der Waals surface area (Å²) in [5.74, 6) is -0.612. The molecule has 0 unspecified atom stereocenters. The standard InChI is InChI=1S/C23H27FNO3P/c1-17-12-20(24)13-18(2)23(17)25-21(26)15-29(10-6-7-11-29)16-22(27)28-14-19-8-4-3-5-9-19/h3-5,8-9,12-13H,6-7,10-11,14-16H2,1-2H3/p+1. The molecule has 0 aliphatic carbocycles. The van der Waals surface area contributed by atoms with Gasteiger partial charge < -0.3 is 10.1 Å². The minimum Gasteiger partial charge on any atom is -0.458 e. The van der Waals surface area contributed by atoms with Gasteiger partial charge in [0.15, 0.2) is 6.16 Å². The van der Waals surface area contributed by atoms with Crippen LogP contribution < -0.4 is 5.32 Å². The Morgan fingerprint density at radius 2 is 1.66 bits per heavy atom. The van der Waals surface area contributed by atoms with Crippen LogP contribution in [-0.4, -0.2) is 36.5 Å². The van der Waals surface area contributed by atoms with E-state index in [1.54, 1.807) is 13.8 Å². The van der Waals surface area contributed by atoms with E-state index in [9.17, 15) is 14.0 Å². The first kappa shape index (κ1) is 21.4. The Labute approximate surface area is 172 Å². The van der Waals surface area contributed by atoms with Gasteiger partial charge >= 0.3 is 5.97 Å². The topological polar surface area (TPSA) is 55.4 Å². The van der Waals surface area contributed by atoms with Crippen LogP contribution in [0.5, 0.6) is 0 Å². The molecule has 1 aliphatic heterocycles. The lowest BCUT2D eigenvalue weighted by molar-refractivity contribution is -0.141. The highest BCUT2D eigenvalue weighted by Gasteiger charge is 2.45. The van der Waals surface area contributed by atoms with Gasteiger partial charge in [0.25, 0.3) is 5.91 Å². The molecule has 1 saturated heterocycles. The monoisotopic (exact) mass is 416 g/mol. The lowest BCUT2D eigenvalue weighted by atomic mass is 10.1. The van der Waals surface area contributed by atoms with Crippen molar-refractivity contribution in [3.63, 3.8) is 0 Å². The third-order valence-electron chi connectivity index (χ3n) is 5.46. The van der Waals surface area contributed by atoms with Crippen molar-refractivity contribution in [1.29, 1.82) is 0 Å². The van der Waals surface area contributed by atoms with Crippen molar-refractivity contribution >= 4 is 24.8 Å². The van der Waals surface area contributed by atoms with Crippen LogP contribution in [0.25, 0.3) is 0 Å². The second-order valence-electron chi connectivity index (χ2n) is 7.92. The van der Waals surface area contributed by atoms with Crippen molar-refractivity contribution in [2.75, 3.05) is 30.0 Å². The van der Waals surface area contributed by atoms with Crippen molar-refractivity contribution in [3.8, 4) is 0 Å². The zero-order chi connectivity index (χ0) is 20.9. The number of halogens is 1. The summed E-state index contributed by atoms with van der Waals surface area (Å²) >= 11 is 0. The number of aryl methyl sites for hydroxylation is 2. The number of hydrogen-bond acceptors (Lipinski definition) is 3. The summed E-state index contributed by atoms with van der Waals surface area (Å²) in [4.78, 5) is 25.3. The van der Waals surface area contributed by atoms with Crippen LogP contribution in [-0.2, 0) is 20.9 Å². The van der Waals surface area contributed by atoms with Gasteiger partial charge in [-0.2, -0.15) is 0 Å². The predicted octanol–water partition coefficient (Wildman–Crippen LogP) is 4.94. The normalized spacial score (nSPS) is 15.1. The van der Waals surface area contributed by atoms with Gasteiger partial charge in [-0.05, 0) is 55.5 Å². The molecule has 154 valence electrons. The Morgan fingerprint density at radius 1 is 1.03 bits per heavy atom. The summed E-state index contributed by atoms with van der Waals surface area (Å²) in [6, 6.07) is 12.4. The van der Waals surface area contributed by atoms with Crippen LogP contribution >= 0.6 is 7.26 Å². The number of ether oxygens (including phenoxy) is 1. The second kappa shape index (κ2) is 9.49. The smallest absolute Gasteiger partial charge is 0.344 e. The molecular formula is C23H28FNO3P+. The van der Waals surface area contributed by atoms with Crippen LogP contribution in [0.15, 0.2) is 42.5 Å². The molecule has 1 fully saturated rings. The molecular weight excluding hydrogens is 388 g/mol. The first-order valence-corrected chi connectivity index (χ1v) is 12.5. The highest BCUT2D eigenvalue weighted by atomic mass is 31.2. The van der Waals surface area contributed by atoms with Crippen LogP contribution in [0.2, 0.25) is 0 Å². The summed E-state index contributed by atoms with van der Waals surface area (Å²) in [6.45, 7) is 3.83. The highest BCUT2D eigenvalue weighted by Crippen LogP contribution is 2.63. The number of esters is 1. The zero-order valence-corrected chi connectivity index (χ0v) is 17.9. The quantitative estimate of drug-likeness (QED) is 0.514. The van der Waals surface area contributed by atoms with E-state index in [1.807, 2.05) is 30.3 Å². The molecule has 1 heterocycles. The summed E-state index contributed by atoms with van der Waals surface area (Å²) < 4.78 is 19.0. The second-order valence-corrected chi connectivity index (χ2v) is 12.1. The summed E-state index contributed by atoms with van der Waals surface area (Å²) in [6.07, 6.45) is 4.74. The number of carbonyl (C=O) groups is 2. The fourth-order valence-corrected chi connectivity index (χ4v) is 8.11. The van der Waals surface area contributed by atoms with Gasteiger partial charge in [-0.15, -0.1) is 0 Å². The number of amides is 1. The molecule has 2 aromatic rings. The van der Waals surface area contributed by atoms with E-state index in [0.717, 1.165) is 30.7 Å². The van der Waals surface area contributed by atoms with Crippen LogP contribution in [0.4, 0.5) is 10.1 Å². The largest absolute Gasteiger partial charge is 0.458 e. The Balaban J connectivity index is 1.61. The Bertz CT molecular complexity index is 856. The molecule has 1 aliphatic rings. The van der Waals surface area contributed by atoms with Gasteiger partial charge in [0.05, 0.1) is 12.3 Å². The molecule has 0 atom stereocenters. The molecule has 0 aromatic heterocycles. The van der Waals surface area contributed by atoms with Gasteiger partial charge in [0, 0.05) is 12.9 Å². The van der Waals surface area contributed by atoms with Crippen molar-refractivity contribution < 1.29 is 18.7 Å². The molecule has 0 radical (unpaired) electrons. The lowest BCUT2D eigenvalue weighted by Gasteiger charge is -2.21. The Morgan fingerprint density at radius 3 is 2.28 bits per heavy atom. The van der Waals surface area contributed by atoms with Crippen LogP contribution in [0, 0.1) is 19.7 Å². The average Bonchev–Trinajstić information content (AvgIpc) is 3.11. The molecule has 1 amide bonds. The van der Waals surface area contributed by atoms with Gasteiger partial charge in [-0.1, -0.05) is 30.3 Å². The molecule has 2 aromatic carbocycles. The molecule has 0 bridgehead atoms. The van der Waals surface area contributed by atoms with Crippen LogP contribution in [0.3, 0.4) is 0 Å². The van der Waals surface area contributed by atoms with Crippen molar-refractivity contribution in [1.82, 2.24) is 0 Å². The molecule has 0 spiro atoms. The van der Waals surface area contributed by atoms with Crippen molar-refractivity contribution in [2.45, 2.75) is 33.3 Å². The maximum Gasteiger partial charge on any atom is 0.344 e. The number of hydrogen-bond donors (Lipinski definition) is 1. The molecule has 0 saturated carbocycles. The van der Waals surface area contributed by atoms with E-state index in [2.05, 4.69) is 5.32 Å². The zero-order valence-electron chi connectivity index (χ0n) is 17.0. The first-order chi connectivity index (χ1) is 13.9. The van der Waals surface area contributed by atoms with E-state index < -0.39 is 7.26 Å². The molecule has 3 rings (SSSR count). The fourth-order valence-electron chi connectivity index (χ4n) is 4.03. The SMILES string of the molecule is Cc1cc(F)cc(C)c1NC(=O)C[P+]1(CC(=O)OCc2ccccc2)CCCC1. The maximum absolute atomic E-state index is 13.5. The van der Waals surface area contributed by atoms with E-state index >= 15 is 0 Å². The molecule has 29 heavy (non-hydrogen) atoms. The first-order valence-electron chi connectivity index (χ1n) is 9.98.